The highest BCUT2D eigenvalue weighted by Gasteiger charge is 1.93. The van der Waals surface area contributed by atoms with Crippen LogP contribution in [0.3, 0.4) is 0 Å². The van der Waals surface area contributed by atoms with Crippen molar-refractivity contribution < 1.29 is 0 Å². The lowest BCUT2D eigenvalue weighted by Gasteiger charge is -1.99. The largest absolute Gasteiger partial charge is 0.0875 e. The van der Waals surface area contributed by atoms with Crippen molar-refractivity contribution in [3.8, 4) is 0 Å². The Kier molecular flexibility index (Phi) is 4.21. The van der Waals surface area contributed by atoms with Crippen molar-refractivity contribution in [2.45, 2.75) is 0 Å². The van der Waals surface area contributed by atoms with Crippen LogP contribution in [-0.2, 0) is 0 Å². The molecular weight excluding hydrogens is 183 g/mol. The first-order valence-corrected chi connectivity index (χ1v) is 5.94. The second-order valence-electron chi connectivity index (χ2n) is 3.15. The molecule has 0 amide bonds. The molecule has 0 bridgehead atoms. The second-order valence-corrected chi connectivity index (χ2v) is 5.13. The highest BCUT2D eigenvalue weighted by atomic mass is 28.2. The van der Waals surface area contributed by atoms with Crippen LogP contribution in [0.2, 0.25) is 0 Å². The summed E-state index contributed by atoms with van der Waals surface area (Å²) in [6, 6.07) is 21.5. The molecule has 0 saturated heterocycles. The summed E-state index contributed by atoms with van der Waals surface area (Å²) in [7, 11) is -0.234. The summed E-state index contributed by atoms with van der Waals surface area (Å²) in [5.74, 6) is 0. The van der Waals surface area contributed by atoms with Crippen LogP contribution in [0.1, 0.15) is 0 Å². The first-order valence-electron chi connectivity index (χ1n) is 4.53. The molecule has 2 heteroatoms. The van der Waals surface area contributed by atoms with E-state index in [0.717, 1.165) is 0 Å². The minimum atomic E-state index is -0.234. The van der Waals surface area contributed by atoms with Crippen molar-refractivity contribution in [3.63, 3.8) is 0 Å². The van der Waals surface area contributed by atoms with Gasteiger partial charge in [0.2, 0.25) is 0 Å². The van der Waals surface area contributed by atoms with E-state index in [1.165, 1.54) is 10.4 Å². The van der Waals surface area contributed by atoms with E-state index in [1.54, 1.807) is 0 Å². The van der Waals surface area contributed by atoms with Crippen molar-refractivity contribution in [1.82, 2.24) is 0 Å². The van der Waals surface area contributed by atoms with Crippen LogP contribution >= 0.6 is 0 Å². The van der Waals surface area contributed by atoms with Gasteiger partial charge in [-0.2, -0.15) is 0 Å². The molecule has 0 saturated carbocycles. The third-order valence-corrected chi connectivity index (χ3v) is 3.85. The molecular formula is C12H12BSi. The Morgan fingerprint density at radius 1 is 0.571 bits per heavy atom. The maximum atomic E-state index is 2.22. The van der Waals surface area contributed by atoms with Gasteiger partial charge < -0.3 is 0 Å². The third-order valence-electron chi connectivity index (χ3n) is 2.09. The van der Waals surface area contributed by atoms with Gasteiger partial charge >= 0.3 is 0 Å². The van der Waals surface area contributed by atoms with Gasteiger partial charge in [-0.25, -0.2) is 0 Å². The molecule has 0 heterocycles. The van der Waals surface area contributed by atoms with Crippen molar-refractivity contribution in [2.24, 2.45) is 0 Å². The predicted octanol–water partition coefficient (Wildman–Crippen LogP) is 0.425. The zero-order chi connectivity index (χ0) is 8.93. The Bertz CT molecular complexity index is 321. The maximum Gasteiger partial charge on any atom is 0.0875 e. The normalized spacial score (nSPS) is 9.14. The molecule has 2 rings (SSSR count). The van der Waals surface area contributed by atoms with E-state index in [1.807, 2.05) is 0 Å². The summed E-state index contributed by atoms with van der Waals surface area (Å²) < 4.78 is 0. The summed E-state index contributed by atoms with van der Waals surface area (Å²) in [6.45, 7) is 0. The van der Waals surface area contributed by atoms with Crippen LogP contribution in [0.25, 0.3) is 0 Å². The Hall–Kier alpha value is -1.28. The fourth-order valence-corrected chi connectivity index (χ4v) is 2.91. The summed E-state index contributed by atoms with van der Waals surface area (Å²) in [5.41, 5.74) is 0. The van der Waals surface area contributed by atoms with E-state index < -0.39 is 0 Å². The maximum absolute atomic E-state index is 2.22. The average Bonchev–Trinajstić information content (AvgIpc) is 2.21. The SMILES string of the molecule is [B].c1ccc([SiH2]c2ccccc2)cc1. The molecule has 2 aromatic carbocycles. The Labute approximate surface area is 89.4 Å². The van der Waals surface area contributed by atoms with Gasteiger partial charge in [-0.15, -0.1) is 0 Å². The molecule has 2 aromatic rings. The number of hydrogen-bond donors (Lipinski definition) is 0. The Morgan fingerprint density at radius 2 is 0.929 bits per heavy atom. The minimum absolute atomic E-state index is 0. The third kappa shape index (κ3) is 2.89. The van der Waals surface area contributed by atoms with Crippen LogP contribution in [0, 0.1) is 0 Å². The van der Waals surface area contributed by atoms with Crippen LogP contribution in [0.15, 0.2) is 60.7 Å². The van der Waals surface area contributed by atoms with Gasteiger partial charge in [0.15, 0.2) is 0 Å². The van der Waals surface area contributed by atoms with Crippen molar-refractivity contribution in [2.75, 3.05) is 0 Å². The van der Waals surface area contributed by atoms with Crippen molar-refractivity contribution in [3.05, 3.63) is 60.7 Å². The highest BCUT2D eigenvalue weighted by Crippen LogP contribution is 1.84. The van der Waals surface area contributed by atoms with Gasteiger partial charge in [0.1, 0.15) is 0 Å². The van der Waals surface area contributed by atoms with Gasteiger partial charge in [-0.1, -0.05) is 71.0 Å². The first kappa shape index (κ1) is 10.8. The van der Waals surface area contributed by atoms with E-state index in [9.17, 15) is 0 Å². The van der Waals surface area contributed by atoms with Crippen LogP contribution < -0.4 is 10.4 Å². The lowest BCUT2D eigenvalue weighted by molar-refractivity contribution is 1.75. The molecule has 0 N–H and O–H groups in total. The van der Waals surface area contributed by atoms with Crippen molar-refractivity contribution >= 4 is 28.3 Å². The molecule has 0 aliphatic carbocycles. The van der Waals surface area contributed by atoms with E-state index >= 15 is 0 Å². The zero-order valence-electron chi connectivity index (χ0n) is 8.06. The quantitative estimate of drug-likeness (QED) is 0.609. The van der Waals surface area contributed by atoms with Crippen molar-refractivity contribution in [1.29, 1.82) is 0 Å². The lowest BCUT2D eigenvalue weighted by Crippen LogP contribution is -2.26. The van der Waals surface area contributed by atoms with E-state index in [4.69, 9.17) is 0 Å². The molecule has 0 unspecified atom stereocenters. The fraction of sp³-hybridized carbons (Fsp3) is 0. The van der Waals surface area contributed by atoms with E-state index in [-0.39, 0.29) is 17.9 Å². The molecule has 0 aromatic heterocycles. The molecule has 0 fully saturated rings. The Balaban J connectivity index is 0.000000980. The Morgan fingerprint density at radius 3 is 1.29 bits per heavy atom. The highest BCUT2D eigenvalue weighted by molar-refractivity contribution is 6.67. The standard InChI is InChI=1S/C12H12Si.B/c1-3-7-11(8-4-1)13-12-9-5-2-6-10-12;/h1-10H,13H2;. The first-order chi connectivity index (χ1) is 6.45. The summed E-state index contributed by atoms with van der Waals surface area (Å²) in [6.07, 6.45) is 0. The molecule has 0 spiro atoms. The molecule has 0 aliphatic rings. The monoisotopic (exact) mass is 195 g/mol. The molecule has 14 heavy (non-hydrogen) atoms. The zero-order valence-corrected chi connectivity index (χ0v) is 9.47. The molecule has 0 nitrogen and oxygen atoms in total. The summed E-state index contributed by atoms with van der Waals surface area (Å²) >= 11 is 0. The summed E-state index contributed by atoms with van der Waals surface area (Å²) in [4.78, 5) is 0. The van der Waals surface area contributed by atoms with Crippen LogP contribution in [0.4, 0.5) is 0 Å². The smallest absolute Gasteiger partial charge is 0.0633 e. The predicted molar refractivity (Wildman–Crippen MR) is 66.5 cm³/mol. The van der Waals surface area contributed by atoms with Gasteiger partial charge in [0, 0.05) is 8.41 Å². The van der Waals surface area contributed by atoms with Gasteiger partial charge in [-0.05, 0) is 0 Å². The van der Waals surface area contributed by atoms with E-state index in [0.29, 0.717) is 0 Å². The summed E-state index contributed by atoms with van der Waals surface area (Å²) in [5, 5.41) is 3.02. The number of rotatable bonds is 2. The molecule has 0 aliphatic heterocycles. The number of benzene rings is 2. The average molecular weight is 195 g/mol. The van der Waals surface area contributed by atoms with Gasteiger partial charge in [0.05, 0.1) is 9.52 Å². The number of hydrogen-bond acceptors (Lipinski definition) is 0. The fourth-order valence-electron chi connectivity index (χ4n) is 1.43. The lowest BCUT2D eigenvalue weighted by atomic mass is 10.4. The van der Waals surface area contributed by atoms with Gasteiger partial charge in [0.25, 0.3) is 0 Å². The topological polar surface area (TPSA) is 0 Å². The molecule has 0 atom stereocenters. The van der Waals surface area contributed by atoms with E-state index in [2.05, 4.69) is 60.7 Å². The molecule has 67 valence electrons. The van der Waals surface area contributed by atoms with Crippen LogP contribution in [-0.4, -0.2) is 17.9 Å². The minimum Gasteiger partial charge on any atom is -0.0633 e. The molecule has 3 radical (unpaired) electrons. The second kappa shape index (κ2) is 5.45. The van der Waals surface area contributed by atoms with Gasteiger partial charge in [-0.3, -0.25) is 0 Å². The van der Waals surface area contributed by atoms with Crippen LogP contribution in [0.5, 0.6) is 0 Å².